The Kier molecular flexibility index (Phi) is 4.84. The molecule has 0 saturated heterocycles. The van der Waals surface area contributed by atoms with E-state index in [4.69, 9.17) is 4.74 Å². The number of nitro groups is 1. The van der Waals surface area contributed by atoms with E-state index in [1.54, 1.807) is 0 Å². The first-order valence-corrected chi connectivity index (χ1v) is 6.24. The van der Waals surface area contributed by atoms with E-state index in [0.29, 0.717) is 11.1 Å². The van der Waals surface area contributed by atoms with Crippen LogP contribution < -0.4 is 4.74 Å². The molecule has 5 nitrogen and oxygen atoms in total. The Morgan fingerprint density at radius 1 is 1.50 bits per heavy atom. The summed E-state index contributed by atoms with van der Waals surface area (Å²) in [6.07, 6.45) is 0. The van der Waals surface area contributed by atoms with Gasteiger partial charge in [-0.15, -0.1) is 0 Å². The van der Waals surface area contributed by atoms with E-state index in [-0.39, 0.29) is 28.7 Å². The van der Waals surface area contributed by atoms with Crippen molar-refractivity contribution in [2.75, 3.05) is 6.61 Å². The number of Topliss-reactive ketones (excluding diaryl/α,β-unsaturated/α-hetero) is 1. The molecule has 0 heterocycles. The number of carbonyl (C=O) groups is 1. The summed E-state index contributed by atoms with van der Waals surface area (Å²) in [6.45, 7) is 5.53. The van der Waals surface area contributed by atoms with Gasteiger partial charge in [0.15, 0.2) is 5.78 Å². The molecule has 0 unspecified atom stereocenters. The second-order valence-corrected chi connectivity index (χ2v) is 5.24. The summed E-state index contributed by atoms with van der Waals surface area (Å²) in [6, 6.07) is 2.87. The van der Waals surface area contributed by atoms with Crippen molar-refractivity contribution in [2.24, 2.45) is 5.92 Å². The summed E-state index contributed by atoms with van der Waals surface area (Å²) in [5.41, 5.74) is 0.0203. The van der Waals surface area contributed by atoms with Crippen LogP contribution in [0.3, 0.4) is 0 Å². The lowest BCUT2D eigenvalue weighted by Crippen LogP contribution is -2.09. The van der Waals surface area contributed by atoms with Gasteiger partial charge in [-0.05, 0) is 18.9 Å². The normalized spacial score (nSPS) is 10.5. The van der Waals surface area contributed by atoms with E-state index in [1.165, 1.54) is 19.1 Å². The van der Waals surface area contributed by atoms with Crippen LogP contribution in [-0.4, -0.2) is 17.3 Å². The van der Waals surface area contributed by atoms with Crippen LogP contribution in [0.2, 0.25) is 0 Å². The first-order valence-electron chi connectivity index (χ1n) is 5.44. The van der Waals surface area contributed by atoms with Crippen LogP contribution >= 0.6 is 15.9 Å². The van der Waals surface area contributed by atoms with Gasteiger partial charge in [-0.3, -0.25) is 14.9 Å². The smallest absolute Gasteiger partial charge is 0.312 e. The highest BCUT2D eigenvalue weighted by atomic mass is 79.9. The van der Waals surface area contributed by atoms with Gasteiger partial charge in [0.2, 0.25) is 5.75 Å². The first-order chi connectivity index (χ1) is 8.32. The van der Waals surface area contributed by atoms with Gasteiger partial charge in [-0.25, -0.2) is 0 Å². The molecular formula is C12H14BrNO4. The number of ether oxygens (including phenoxy) is 1. The number of carbonyl (C=O) groups excluding carboxylic acids is 1. The first kappa shape index (κ1) is 14.6. The lowest BCUT2D eigenvalue weighted by atomic mass is 10.1. The summed E-state index contributed by atoms with van der Waals surface area (Å²) < 4.78 is 5.91. The average molecular weight is 316 g/mol. The number of nitrogens with zero attached hydrogens (tertiary/aromatic N) is 1. The third-order valence-electron chi connectivity index (χ3n) is 2.17. The fourth-order valence-electron chi connectivity index (χ4n) is 1.38. The molecular weight excluding hydrogens is 302 g/mol. The van der Waals surface area contributed by atoms with E-state index in [1.807, 2.05) is 13.8 Å². The topological polar surface area (TPSA) is 69.4 Å². The van der Waals surface area contributed by atoms with Crippen molar-refractivity contribution in [3.8, 4) is 5.75 Å². The highest BCUT2D eigenvalue weighted by Crippen LogP contribution is 2.35. The van der Waals surface area contributed by atoms with E-state index in [2.05, 4.69) is 15.9 Å². The molecule has 0 bridgehead atoms. The molecule has 0 aliphatic heterocycles. The monoisotopic (exact) mass is 315 g/mol. The summed E-state index contributed by atoms with van der Waals surface area (Å²) in [5.74, 6) is -0.00406. The standard InChI is InChI=1S/C12H14BrNO4/c1-7(2)6-18-12-10(8(3)15)4-9(13)5-11(12)14(16)17/h4-5,7H,6H2,1-3H3. The van der Waals surface area contributed by atoms with Crippen LogP contribution in [0.5, 0.6) is 5.75 Å². The molecule has 6 heteroatoms. The quantitative estimate of drug-likeness (QED) is 0.473. The Morgan fingerprint density at radius 3 is 2.56 bits per heavy atom. The average Bonchev–Trinajstić information content (AvgIpc) is 2.25. The van der Waals surface area contributed by atoms with Crippen molar-refractivity contribution in [1.29, 1.82) is 0 Å². The fraction of sp³-hybridized carbons (Fsp3) is 0.417. The van der Waals surface area contributed by atoms with Crippen LogP contribution in [0.15, 0.2) is 16.6 Å². The van der Waals surface area contributed by atoms with Gasteiger partial charge in [0.05, 0.1) is 17.1 Å². The Bertz CT molecular complexity index is 450. The number of halogens is 1. The van der Waals surface area contributed by atoms with Crippen LogP contribution in [-0.2, 0) is 0 Å². The Hall–Kier alpha value is -1.43. The van der Waals surface area contributed by atoms with Crippen molar-refractivity contribution >= 4 is 27.4 Å². The zero-order chi connectivity index (χ0) is 13.9. The molecule has 0 atom stereocenters. The van der Waals surface area contributed by atoms with Gasteiger partial charge in [0, 0.05) is 10.5 Å². The molecule has 0 fully saturated rings. The maximum absolute atomic E-state index is 11.5. The van der Waals surface area contributed by atoms with E-state index in [0.717, 1.165) is 0 Å². The van der Waals surface area contributed by atoms with Crippen molar-refractivity contribution in [3.05, 3.63) is 32.3 Å². The van der Waals surface area contributed by atoms with Gasteiger partial charge >= 0.3 is 5.69 Å². The molecule has 0 radical (unpaired) electrons. The SMILES string of the molecule is CC(=O)c1cc(Br)cc([N+](=O)[O-])c1OCC(C)C. The third-order valence-corrected chi connectivity index (χ3v) is 2.63. The van der Waals surface area contributed by atoms with E-state index < -0.39 is 4.92 Å². The molecule has 98 valence electrons. The van der Waals surface area contributed by atoms with Crippen LogP contribution in [0, 0.1) is 16.0 Å². The molecule has 1 rings (SSSR count). The van der Waals surface area contributed by atoms with Crippen molar-refractivity contribution < 1.29 is 14.5 Å². The predicted molar refractivity (Wildman–Crippen MR) is 71.1 cm³/mol. The maximum Gasteiger partial charge on any atom is 0.312 e. The molecule has 0 saturated carbocycles. The summed E-state index contributed by atoms with van der Waals surface area (Å²) >= 11 is 3.15. The lowest BCUT2D eigenvalue weighted by Gasteiger charge is -2.12. The molecule has 0 aliphatic rings. The second-order valence-electron chi connectivity index (χ2n) is 4.32. The van der Waals surface area contributed by atoms with Gasteiger partial charge in [-0.1, -0.05) is 29.8 Å². The molecule has 0 spiro atoms. The Morgan fingerprint density at radius 2 is 2.11 bits per heavy atom. The zero-order valence-corrected chi connectivity index (χ0v) is 12.0. The predicted octanol–water partition coefficient (Wildman–Crippen LogP) is 3.59. The second kappa shape index (κ2) is 5.95. The van der Waals surface area contributed by atoms with Crippen LogP contribution in [0.4, 0.5) is 5.69 Å². The maximum atomic E-state index is 11.5. The van der Waals surface area contributed by atoms with Gasteiger partial charge in [-0.2, -0.15) is 0 Å². The summed E-state index contributed by atoms with van der Waals surface area (Å²) in [7, 11) is 0. The van der Waals surface area contributed by atoms with Gasteiger partial charge < -0.3 is 4.74 Å². The molecule has 1 aromatic rings. The fourth-order valence-corrected chi connectivity index (χ4v) is 1.82. The van der Waals surface area contributed by atoms with Gasteiger partial charge in [0.25, 0.3) is 0 Å². The number of benzene rings is 1. The zero-order valence-electron chi connectivity index (χ0n) is 10.4. The largest absolute Gasteiger partial charge is 0.486 e. The van der Waals surface area contributed by atoms with E-state index >= 15 is 0 Å². The van der Waals surface area contributed by atoms with E-state index in [9.17, 15) is 14.9 Å². The minimum Gasteiger partial charge on any atom is -0.486 e. The number of ketones is 1. The summed E-state index contributed by atoms with van der Waals surface area (Å²) in [5, 5.41) is 11.0. The molecule has 0 aliphatic carbocycles. The Balaban J connectivity index is 3.31. The van der Waals surface area contributed by atoms with Crippen molar-refractivity contribution in [3.63, 3.8) is 0 Å². The minimum absolute atomic E-state index is 0.0457. The highest BCUT2D eigenvalue weighted by molar-refractivity contribution is 9.10. The van der Waals surface area contributed by atoms with Gasteiger partial charge in [0.1, 0.15) is 0 Å². The molecule has 18 heavy (non-hydrogen) atoms. The minimum atomic E-state index is -0.549. The molecule has 1 aromatic carbocycles. The molecule has 0 amide bonds. The van der Waals surface area contributed by atoms with Crippen molar-refractivity contribution in [2.45, 2.75) is 20.8 Å². The Labute approximate surface area is 113 Å². The van der Waals surface area contributed by atoms with Crippen LogP contribution in [0.25, 0.3) is 0 Å². The molecule has 0 aromatic heterocycles. The molecule has 0 N–H and O–H groups in total. The highest BCUT2D eigenvalue weighted by Gasteiger charge is 2.23. The lowest BCUT2D eigenvalue weighted by molar-refractivity contribution is -0.386. The number of nitro benzene ring substituents is 1. The number of hydrogen-bond acceptors (Lipinski definition) is 4. The number of hydrogen-bond donors (Lipinski definition) is 0. The number of rotatable bonds is 5. The summed E-state index contributed by atoms with van der Waals surface area (Å²) in [4.78, 5) is 22.0. The van der Waals surface area contributed by atoms with Crippen molar-refractivity contribution in [1.82, 2.24) is 0 Å². The third kappa shape index (κ3) is 3.53. The van der Waals surface area contributed by atoms with Crippen LogP contribution in [0.1, 0.15) is 31.1 Å².